The van der Waals surface area contributed by atoms with Gasteiger partial charge in [0.15, 0.2) is 0 Å². The van der Waals surface area contributed by atoms with E-state index in [1.54, 1.807) is 27.3 Å². The molecule has 5 atom stereocenters. The highest BCUT2D eigenvalue weighted by Crippen LogP contribution is 2.48. The first-order valence-electron chi connectivity index (χ1n) is 22.8. The summed E-state index contributed by atoms with van der Waals surface area (Å²) in [6.45, 7) is 11.1. The summed E-state index contributed by atoms with van der Waals surface area (Å²) in [6.07, 6.45) is 8.53. The monoisotopic (exact) mass is 905 g/mol. The average molecular weight is 906 g/mol. The molecule has 65 heavy (non-hydrogen) atoms. The fraction of sp³-hybridized carbons (Fsp3) is 0.500. The number of rotatable bonds is 10. The highest BCUT2D eigenvalue weighted by Gasteiger charge is 2.40. The molecule has 17 heteroatoms. The number of carbonyl (C=O) groups is 3. The molecule has 3 amide bonds. The molecule has 0 spiro atoms. The van der Waals surface area contributed by atoms with Crippen molar-refractivity contribution in [3.8, 4) is 28.3 Å². The zero-order valence-electron chi connectivity index (χ0n) is 37.7. The minimum absolute atomic E-state index is 0.0978. The Hall–Kier alpha value is -5.97. The quantitative estimate of drug-likeness (QED) is 0.124. The molecule has 1 aliphatic carbocycles. The number of fused-ring (bicyclic) bond motifs is 5. The molecule has 7 heterocycles. The predicted octanol–water partition coefficient (Wildman–Crippen LogP) is 8.67. The van der Waals surface area contributed by atoms with Gasteiger partial charge in [-0.1, -0.05) is 19.9 Å². The smallest absolute Gasteiger partial charge is 0.410 e. The normalized spacial score (nSPS) is 22.1. The molecule has 0 radical (unpaired) electrons. The third-order valence-electron chi connectivity index (χ3n) is 13.1. The standard InChI is InChI=1S/C48H56FN9O6S/c1-25(2)41(55-46(60)62-6)44(59)56-15-7-9-34(56)42-52-23-32(54-42)28-19-30(49)40-36-20-29-18-27(31-22-51-43(53-31)35-10-8-16-57(35)47(61)64-48(3,4)5)13-14-33(29)58(36)45(63-37(40)21-28)38-24-50-39(65-38)17-26-11-12-26/h13-14,18-21,23-26,31,34-35,41,45H,7-12,15-17,22H2,1-6H3,(H,51,53)(H,52,54)(H,55,60)/t31?,34-,35-,41-,45?/m0/s1. The average Bonchev–Trinajstić information content (AvgIpc) is 3.99. The lowest BCUT2D eigenvalue weighted by Gasteiger charge is -2.30. The SMILES string of the molecule is COC(=O)N[C@H](C(=O)N1CCC[C@H]1c1ncc(-c2cc(F)c3c(c2)OC(c2cnc(CC4CC4)s2)n2c-3cc3cc(C4CN=C([C@@H]5CCCN5C(=O)OC(C)(C)C)N4)ccc32)[nH]1)C(C)C. The Kier molecular flexibility index (Phi) is 11.1. The third kappa shape index (κ3) is 8.31. The van der Waals surface area contributed by atoms with Gasteiger partial charge in [0, 0.05) is 36.7 Å². The molecule has 342 valence electrons. The lowest BCUT2D eigenvalue weighted by atomic mass is 10.0. The number of hydrogen-bond donors (Lipinski definition) is 3. The number of imidazole rings is 1. The number of halogens is 1. The maximum Gasteiger partial charge on any atom is 0.410 e. The van der Waals surface area contributed by atoms with E-state index in [2.05, 4.69) is 38.4 Å². The van der Waals surface area contributed by atoms with Crippen LogP contribution >= 0.6 is 11.3 Å². The van der Waals surface area contributed by atoms with Crippen molar-refractivity contribution >= 4 is 46.2 Å². The number of aromatic amines is 1. The molecule has 5 aliphatic rings. The molecule has 2 unspecified atom stereocenters. The molecule has 10 rings (SSSR count). The fourth-order valence-electron chi connectivity index (χ4n) is 9.74. The van der Waals surface area contributed by atoms with Gasteiger partial charge in [-0.05, 0) is 107 Å². The number of thiazole rings is 1. The number of carbonyl (C=O) groups excluding carboxylic acids is 3. The summed E-state index contributed by atoms with van der Waals surface area (Å²) in [4.78, 5) is 61.3. The Labute approximate surface area is 381 Å². The second kappa shape index (κ2) is 16.8. The number of nitrogens with zero attached hydrogens (tertiary/aromatic N) is 6. The van der Waals surface area contributed by atoms with E-state index in [0.717, 1.165) is 57.9 Å². The molecule has 2 saturated heterocycles. The number of aliphatic imine (C=N–C) groups is 1. The van der Waals surface area contributed by atoms with Gasteiger partial charge in [0.25, 0.3) is 0 Å². The van der Waals surface area contributed by atoms with Crippen molar-refractivity contribution in [2.75, 3.05) is 26.7 Å². The first-order valence-corrected chi connectivity index (χ1v) is 23.7. The molecule has 3 fully saturated rings. The number of ether oxygens (including phenoxy) is 3. The summed E-state index contributed by atoms with van der Waals surface area (Å²) in [5.41, 5.74) is 3.57. The van der Waals surface area contributed by atoms with E-state index in [4.69, 9.17) is 29.2 Å². The van der Waals surface area contributed by atoms with E-state index in [1.807, 2.05) is 52.9 Å². The van der Waals surface area contributed by atoms with Crippen LogP contribution in [0.25, 0.3) is 33.4 Å². The van der Waals surface area contributed by atoms with Crippen molar-refractivity contribution in [3.63, 3.8) is 0 Å². The Balaban J connectivity index is 0.950. The predicted molar refractivity (Wildman–Crippen MR) is 244 cm³/mol. The topological polar surface area (TPSA) is 168 Å². The Morgan fingerprint density at radius 1 is 1.00 bits per heavy atom. The molecular formula is C48H56FN9O6S. The molecule has 3 aromatic heterocycles. The van der Waals surface area contributed by atoms with Crippen molar-refractivity contribution in [1.29, 1.82) is 0 Å². The van der Waals surface area contributed by atoms with Crippen LogP contribution < -0.4 is 15.4 Å². The maximum absolute atomic E-state index is 16.9. The Morgan fingerprint density at radius 3 is 2.54 bits per heavy atom. The van der Waals surface area contributed by atoms with Crippen LogP contribution in [-0.4, -0.2) is 97.7 Å². The molecule has 15 nitrogen and oxygen atoms in total. The van der Waals surface area contributed by atoms with Gasteiger partial charge in [0.2, 0.25) is 12.1 Å². The van der Waals surface area contributed by atoms with Crippen molar-refractivity contribution in [2.24, 2.45) is 16.8 Å². The van der Waals surface area contributed by atoms with Gasteiger partial charge in [-0.3, -0.25) is 19.3 Å². The molecule has 0 bridgehead atoms. The third-order valence-corrected chi connectivity index (χ3v) is 14.2. The zero-order valence-corrected chi connectivity index (χ0v) is 38.5. The molecule has 1 saturated carbocycles. The summed E-state index contributed by atoms with van der Waals surface area (Å²) in [5, 5.41) is 8.33. The number of amidine groups is 1. The summed E-state index contributed by atoms with van der Waals surface area (Å²) in [6, 6.07) is 10.4. The van der Waals surface area contributed by atoms with E-state index in [0.29, 0.717) is 66.1 Å². The first kappa shape index (κ1) is 43.0. The van der Waals surface area contributed by atoms with Crippen molar-refractivity contribution < 1.29 is 33.0 Å². The second-order valence-corrected chi connectivity index (χ2v) is 20.5. The highest BCUT2D eigenvalue weighted by atomic mass is 32.1. The molecule has 3 N–H and O–H groups in total. The maximum atomic E-state index is 16.9. The number of H-pyrrole nitrogens is 1. The van der Waals surface area contributed by atoms with Crippen LogP contribution in [0.5, 0.6) is 5.75 Å². The van der Waals surface area contributed by atoms with Gasteiger partial charge in [0.1, 0.15) is 34.9 Å². The van der Waals surface area contributed by atoms with Crippen LogP contribution in [0.1, 0.15) is 113 Å². The van der Waals surface area contributed by atoms with Crippen LogP contribution in [0.4, 0.5) is 14.0 Å². The van der Waals surface area contributed by atoms with E-state index in [9.17, 15) is 14.4 Å². The van der Waals surface area contributed by atoms with Crippen molar-refractivity contribution in [2.45, 2.75) is 116 Å². The summed E-state index contributed by atoms with van der Waals surface area (Å²) >= 11 is 1.64. The number of likely N-dealkylation sites (tertiary alicyclic amines) is 2. The lowest BCUT2D eigenvalue weighted by Crippen LogP contribution is -2.51. The Morgan fingerprint density at radius 2 is 1.78 bits per heavy atom. The summed E-state index contributed by atoms with van der Waals surface area (Å²) < 4.78 is 36.4. The Bertz CT molecular complexity index is 2700. The van der Waals surface area contributed by atoms with Gasteiger partial charge < -0.3 is 34.7 Å². The van der Waals surface area contributed by atoms with E-state index in [1.165, 1.54) is 26.0 Å². The highest BCUT2D eigenvalue weighted by molar-refractivity contribution is 7.11. The number of methoxy groups -OCH3 is 1. The van der Waals surface area contributed by atoms with Gasteiger partial charge in [0.05, 0.1) is 70.3 Å². The zero-order chi connectivity index (χ0) is 45.3. The summed E-state index contributed by atoms with van der Waals surface area (Å²) in [7, 11) is 1.27. The van der Waals surface area contributed by atoms with Crippen LogP contribution in [0.3, 0.4) is 0 Å². The van der Waals surface area contributed by atoms with Gasteiger partial charge in [-0.25, -0.2) is 23.9 Å². The number of alkyl carbamates (subject to hydrolysis) is 1. The summed E-state index contributed by atoms with van der Waals surface area (Å²) in [5.74, 6) is 1.65. The number of aromatic nitrogens is 4. The number of hydrogen-bond acceptors (Lipinski definition) is 11. The lowest BCUT2D eigenvalue weighted by molar-refractivity contribution is -0.135. The van der Waals surface area contributed by atoms with Crippen LogP contribution in [-0.2, 0) is 20.7 Å². The second-order valence-electron chi connectivity index (χ2n) is 19.3. The number of benzene rings is 2. The van der Waals surface area contributed by atoms with Crippen molar-refractivity contribution in [3.05, 3.63) is 75.9 Å². The first-order chi connectivity index (χ1) is 31.2. The number of nitrogens with one attached hydrogen (secondary N) is 3. The van der Waals surface area contributed by atoms with E-state index >= 15 is 4.39 Å². The van der Waals surface area contributed by atoms with Crippen molar-refractivity contribution in [1.82, 2.24) is 40.0 Å². The van der Waals surface area contributed by atoms with Gasteiger partial charge in [-0.2, -0.15) is 0 Å². The fourth-order valence-corrected chi connectivity index (χ4v) is 10.8. The van der Waals surface area contributed by atoms with Crippen LogP contribution in [0.2, 0.25) is 0 Å². The van der Waals surface area contributed by atoms with E-state index in [-0.39, 0.29) is 36.0 Å². The molecule has 4 aliphatic heterocycles. The molecule has 5 aromatic rings. The van der Waals surface area contributed by atoms with Gasteiger partial charge in [-0.15, -0.1) is 11.3 Å². The van der Waals surface area contributed by atoms with Crippen LogP contribution in [0.15, 0.2) is 53.8 Å². The largest absolute Gasteiger partial charge is 0.464 e. The minimum atomic E-state index is -0.760. The number of amides is 3. The minimum Gasteiger partial charge on any atom is -0.464 e. The van der Waals surface area contributed by atoms with E-state index < -0.39 is 29.8 Å². The molecule has 2 aromatic carbocycles. The molecular weight excluding hydrogens is 850 g/mol. The van der Waals surface area contributed by atoms with Gasteiger partial charge >= 0.3 is 12.2 Å². The van der Waals surface area contributed by atoms with Crippen LogP contribution in [0, 0.1) is 17.7 Å².